The molecule has 1 saturated heterocycles. The van der Waals surface area contributed by atoms with Crippen molar-refractivity contribution in [2.75, 3.05) is 32.4 Å². The molecule has 0 aromatic heterocycles. The minimum atomic E-state index is -0.934. The molecule has 1 aliphatic rings. The number of likely N-dealkylation sites (tertiary alicyclic amines) is 1. The Labute approximate surface area is 180 Å². The maximum absolute atomic E-state index is 12.0. The zero-order chi connectivity index (χ0) is 20.1. The first-order valence-corrected chi connectivity index (χ1v) is 12.1. The van der Waals surface area contributed by atoms with Gasteiger partial charge in [-0.15, -0.1) is 0 Å². The van der Waals surface area contributed by atoms with Gasteiger partial charge in [-0.1, -0.05) is 47.5 Å². The lowest BCUT2D eigenvalue weighted by Crippen LogP contribution is -2.35. The highest BCUT2D eigenvalue weighted by Gasteiger charge is 2.24. The summed E-state index contributed by atoms with van der Waals surface area (Å²) in [5.41, 5.74) is 8.45. The topological polar surface area (TPSA) is 46.3 Å². The quantitative estimate of drug-likeness (QED) is 0.657. The maximum Gasteiger partial charge on any atom is 0.0595 e. The molecule has 3 nitrogen and oxygen atoms in total. The first kappa shape index (κ1) is 21.8. The van der Waals surface area contributed by atoms with Gasteiger partial charge in [0.15, 0.2) is 0 Å². The van der Waals surface area contributed by atoms with Crippen LogP contribution in [0.4, 0.5) is 0 Å². The van der Waals surface area contributed by atoms with E-state index in [9.17, 15) is 4.21 Å². The molecular weight excluding hydrogens is 411 g/mol. The summed E-state index contributed by atoms with van der Waals surface area (Å²) in [5.74, 6) is 0.785. The molecule has 0 spiro atoms. The predicted molar refractivity (Wildman–Crippen MR) is 120 cm³/mol. The van der Waals surface area contributed by atoms with E-state index in [0.717, 1.165) is 49.4 Å². The smallest absolute Gasteiger partial charge is 0.0595 e. The molecule has 2 aromatic rings. The number of nitrogens with zero attached hydrogens (tertiary/aromatic N) is 1. The first-order chi connectivity index (χ1) is 13.5. The van der Waals surface area contributed by atoms with E-state index in [0.29, 0.717) is 22.5 Å². The largest absolute Gasteiger partial charge is 0.330 e. The number of hydrogen-bond donors (Lipinski definition) is 1. The van der Waals surface area contributed by atoms with Crippen LogP contribution in [0.25, 0.3) is 0 Å². The van der Waals surface area contributed by atoms with Gasteiger partial charge in [0.25, 0.3) is 0 Å². The molecule has 2 N–H and O–H groups in total. The van der Waals surface area contributed by atoms with Gasteiger partial charge in [0.05, 0.1) is 20.8 Å². The molecule has 0 amide bonds. The van der Waals surface area contributed by atoms with Crippen LogP contribution in [0.2, 0.25) is 10.0 Å². The van der Waals surface area contributed by atoms with Crippen molar-refractivity contribution in [3.63, 3.8) is 0 Å². The van der Waals surface area contributed by atoms with Gasteiger partial charge < -0.3 is 10.6 Å². The molecule has 1 unspecified atom stereocenters. The molecule has 152 valence electrons. The number of hydrogen-bond acceptors (Lipinski definition) is 3. The summed E-state index contributed by atoms with van der Waals surface area (Å²) in [6, 6.07) is 14.0. The third-order valence-corrected chi connectivity index (χ3v) is 7.48. The summed E-state index contributed by atoms with van der Waals surface area (Å²) < 4.78 is 12.0. The third-order valence-electron chi connectivity index (χ3n) is 5.75. The van der Waals surface area contributed by atoms with Gasteiger partial charge >= 0.3 is 0 Å². The summed E-state index contributed by atoms with van der Waals surface area (Å²) in [5, 5.41) is 1.17. The van der Waals surface area contributed by atoms with Crippen molar-refractivity contribution in [1.29, 1.82) is 0 Å². The van der Waals surface area contributed by atoms with Crippen molar-refractivity contribution in [3.05, 3.63) is 63.6 Å². The average molecular weight is 439 g/mol. The standard InChI is InChI=1S/C22H28Cl2N2OS/c1-28(27)22-5-3-2-4-19(22)16-8-11-26(12-9-16)13-10-18(15-25)17-6-7-20(23)21(24)14-17/h2-7,14,16,18H,8-13,15,25H2,1H3/t18?,28-/m0/s1. The molecule has 3 rings (SSSR count). The summed E-state index contributed by atoms with van der Waals surface area (Å²) in [6.45, 7) is 3.75. The molecule has 1 aliphatic heterocycles. The molecule has 2 atom stereocenters. The Hall–Kier alpha value is -0.910. The molecule has 0 radical (unpaired) electrons. The van der Waals surface area contributed by atoms with Crippen molar-refractivity contribution < 1.29 is 4.21 Å². The predicted octanol–water partition coefficient (Wildman–Crippen LogP) is 5.04. The molecule has 6 heteroatoms. The SMILES string of the molecule is C[S@](=O)c1ccccc1C1CCN(CCC(CN)c2ccc(Cl)c(Cl)c2)CC1. The van der Waals surface area contributed by atoms with Gasteiger partial charge in [0.1, 0.15) is 0 Å². The zero-order valence-corrected chi connectivity index (χ0v) is 18.6. The lowest BCUT2D eigenvalue weighted by atomic mass is 9.89. The second-order valence-corrected chi connectivity index (χ2v) is 9.67. The van der Waals surface area contributed by atoms with Gasteiger partial charge in [-0.25, -0.2) is 0 Å². The number of nitrogens with two attached hydrogens (primary N) is 1. The lowest BCUT2D eigenvalue weighted by Gasteiger charge is -2.33. The second-order valence-electron chi connectivity index (χ2n) is 7.50. The van der Waals surface area contributed by atoms with E-state index in [1.54, 1.807) is 6.26 Å². The van der Waals surface area contributed by atoms with Gasteiger partial charge in [-0.05, 0) is 86.6 Å². The average Bonchev–Trinajstić information content (AvgIpc) is 2.71. The number of benzene rings is 2. The Balaban J connectivity index is 1.55. The van der Waals surface area contributed by atoms with E-state index >= 15 is 0 Å². The molecule has 2 aromatic carbocycles. The highest BCUT2D eigenvalue weighted by Crippen LogP contribution is 2.32. The van der Waals surface area contributed by atoms with Crippen LogP contribution >= 0.6 is 23.2 Å². The van der Waals surface area contributed by atoms with E-state index in [-0.39, 0.29) is 5.92 Å². The fourth-order valence-electron chi connectivity index (χ4n) is 4.07. The molecule has 1 fully saturated rings. The van der Waals surface area contributed by atoms with Gasteiger partial charge in [-0.3, -0.25) is 4.21 Å². The minimum Gasteiger partial charge on any atom is -0.330 e. The Morgan fingerprint density at radius 3 is 2.50 bits per heavy atom. The summed E-state index contributed by atoms with van der Waals surface area (Å²) in [4.78, 5) is 3.51. The highest BCUT2D eigenvalue weighted by molar-refractivity contribution is 7.84. The minimum absolute atomic E-state index is 0.288. The van der Waals surface area contributed by atoms with Crippen molar-refractivity contribution >= 4 is 34.0 Å². The van der Waals surface area contributed by atoms with Crippen molar-refractivity contribution in [2.24, 2.45) is 5.73 Å². The van der Waals surface area contributed by atoms with Crippen LogP contribution in [0.3, 0.4) is 0 Å². The zero-order valence-electron chi connectivity index (χ0n) is 16.2. The fraction of sp³-hybridized carbons (Fsp3) is 0.455. The van der Waals surface area contributed by atoms with E-state index in [2.05, 4.69) is 17.0 Å². The molecule has 0 bridgehead atoms. The Kier molecular flexibility index (Phi) is 7.95. The van der Waals surface area contributed by atoms with Crippen LogP contribution in [-0.2, 0) is 10.8 Å². The number of piperidine rings is 1. The highest BCUT2D eigenvalue weighted by atomic mass is 35.5. The molecular formula is C22H28Cl2N2OS. The number of rotatable bonds is 7. The monoisotopic (exact) mass is 438 g/mol. The van der Waals surface area contributed by atoms with E-state index in [4.69, 9.17) is 28.9 Å². The normalized spacial score (nSPS) is 18.1. The summed E-state index contributed by atoms with van der Waals surface area (Å²) >= 11 is 12.2. The Bertz CT molecular complexity index is 822. The Morgan fingerprint density at radius 2 is 1.86 bits per heavy atom. The van der Waals surface area contributed by atoms with Gasteiger partial charge in [0.2, 0.25) is 0 Å². The van der Waals surface area contributed by atoms with E-state index < -0.39 is 10.8 Å². The van der Waals surface area contributed by atoms with Gasteiger partial charge in [-0.2, -0.15) is 0 Å². The summed E-state index contributed by atoms with van der Waals surface area (Å²) in [6.07, 6.45) is 4.99. The molecule has 1 heterocycles. The second kappa shape index (κ2) is 10.2. The lowest BCUT2D eigenvalue weighted by molar-refractivity contribution is 0.205. The third kappa shape index (κ3) is 5.37. The molecule has 0 aliphatic carbocycles. The van der Waals surface area contributed by atoms with Crippen LogP contribution in [0.1, 0.15) is 42.2 Å². The van der Waals surface area contributed by atoms with E-state index in [1.807, 2.05) is 30.3 Å². The molecule has 0 saturated carbocycles. The van der Waals surface area contributed by atoms with E-state index in [1.165, 1.54) is 5.56 Å². The van der Waals surface area contributed by atoms with Crippen LogP contribution in [0, 0.1) is 0 Å². The maximum atomic E-state index is 12.0. The van der Waals surface area contributed by atoms with Crippen molar-refractivity contribution in [2.45, 2.75) is 36.0 Å². The van der Waals surface area contributed by atoms with Crippen LogP contribution < -0.4 is 5.73 Å². The summed E-state index contributed by atoms with van der Waals surface area (Å²) in [7, 11) is -0.934. The van der Waals surface area contributed by atoms with Crippen molar-refractivity contribution in [3.8, 4) is 0 Å². The Morgan fingerprint density at radius 1 is 1.14 bits per heavy atom. The van der Waals surface area contributed by atoms with Crippen LogP contribution in [0.5, 0.6) is 0 Å². The van der Waals surface area contributed by atoms with Crippen LogP contribution in [0.15, 0.2) is 47.4 Å². The van der Waals surface area contributed by atoms with Crippen LogP contribution in [-0.4, -0.2) is 41.5 Å². The fourth-order valence-corrected chi connectivity index (χ4v) is 5.22. The first-order valence-electron chi connectivity index (χ1n) is 9.79. The number of halogens is 2. The molecule has 28 heavy (non-hydrogen) atoms. The van der Waals surface area contributed by atoms with Crippen molar-refractivity contribution in [1.82, 2.24) is 4.90 Å². The van der Waals surface area contributed by atoms with Gasteiger partial charge in [0, 0.05) is 11.2 Å².